The quantitative estimate of drug-likeness (QED) is 0.834. The first-order valence-corrected chi connectivity index (χ1v) is 6.08. The number of piperidine rings is 1. The van der Waals surface area contributed by atoms with Crippen LogP contribution in [0.2, 0.25) is 0 Å². The minimum absolute atomic E-state index is 0.0746. The molecule has 0 amide bonds. The van der Waals surface area contributed by atoms with Gasteiger partial charge in [-0.1, -0.05) is 12.1 Å². The molecule has 2 rings (SSSR count). The standard InChI is InChI=1S/C13H19FN2O/c14-11-5-3-10(4-6-11)13(8-15)16-7-1-2-12(17)9-16/h3-6,12-13,17H,1-2,7-9,15H2. The Hall–Kier alpha value is -0.970. The lowest BCUT2D eigenvalue weighted by Gasteiger charge is -2.36. The summed E-state index contributed by atoms with van der Waals surface area (Å²) in [4.78, 5) is 2.18. The Kier molecular flexibility index (Phi) is 4.10. The van der Waals surface area contributed by atoms with E-state index in [9.17, 15) is 9.50 Å². The van der Waals surface area contributed by atoms with Crippen LogP contribution in [0.25, 0.3) is 0 Å². The van der Waals surface area contributed by atoms with Gasteiger partial charge in [0, 0.05) is 19.1 Å². The van der Waals surface area contributed by atoms with Crippen LogP contribution in [0.1, 0.15) is 24.4 Å². The maximum absolute atomic E-state index is 12.9. The van der Waals surface area contributed by atoms with Crippen molar-refractivity contribution in [3.05, 3.63) is 35.6 Å². The molecule has 3 N–H and O–H groups in total. The second-order valence-corrected chi connectivity index (χ2v) is 4.59. The van der Waals surface area contributed by atoms with Crippen molar-refractivity contribution in [3.63, 3.8) is 0 Å². The summed E-state index contributed by atoms with van der Waals surface area (Å²) in [6, 6.07) is 6.53. The lowest BCUT2D eigenvalue weighted by molar-refractivity contribution is 0.0480. The van der Waals surface area contributed by atoms with E-state index in [4.69, 9.17) is 5.73 Å². The van der Waals surface area contributed by atoms with Crippen molar-refractivity contribution in [2.45, 2.75) is 25.0 Å². The lowest BCUT2D eigenvalue weighted by atomic mass is 10.0. The second-order valence-electron chi connectivity index (χ2n) is 4.59. The molecular formula is C13H19FN2O. The Labute approximate surface area is 101 Å². The molecule has 2 atom stereocenters. The van der Waals surface area contributed by atoms with E-state index in [-0.39, 0.29) is 18.0 Å². The average molecular weight is 238 g/mol. The van der Waals surface area contributed by atoms with Gasteiger partial charge in [-0.25, -0.2) is 4.39 Å². The number of aliphatic hydroxyl groups excluding tert-OH is 1. The minimum atomic E-state index is -0.266. The summed E-state index contributed by atoms with van der Waals surface area (Å²) in [5, 5.41) is 9.67. The number of hydrogen-bond acceptors (Lipinski definition) is 3. The van der Waals surface area contributed by atoms with E-state index in [0.717, 1.165) is 24.9 Å². The second kappa shape index (κ2) is 5.58. The third-order valence-electron chi connectivity index (χ3n) is 3.35. The van der Waals surface area contributed by atoms with Crippen molar-refractivity contribution in [2.24, 2.45) is 5.73 Å². The van der Waals surface area contributed by atoms with E-state index in [1.807, 2.05) is 0 Å². The van der Waals surface area contributed by atoms with Gasteiger partial charge in [0.05, 0.1) is 6.10 Å². The molecule has 2 unspecified atom stereocenters. The molecule has 17 heavy (non-hydrogen) atoms. The molecule has 1 aliphatic rings. The van der Waals surface area contributed by atoms with E-state index in [2.05, 4.69) is 4.90 Å². The molecule has 1 fully saturated rings. The first kappa shape index (κ1) is 12.5. The van der Waals surface area contributed by atoms with Crippen LogP contribution in [0.3, 0.4) is 0 Å². The molecule has 4 heteroatoms. The SMILES string of the molecule is NCC(c1ccc(F)cc1)N1CCCC(O)C1. The van der Waals surface area contributed by atoms with E-state index >= 15 is 0 Å². The number of likely N-dealkylation sites (tertiary alicyclic amines) is 1. The number of halogens is 1. The van der Waals surface area contributed by atoms with Crippen LogP contribution in [0.5, 0.6) is 0 Å². The zero-order valence-electron chi connectivity index (χ0n) is 9.85. The van der Waals surface area contributed by atoms with Crippen LogP contribution in [0.4, 0.5) is 4.39 Å². The van der Waals surface area contributed by atoms with Gasteiger partial charge in [-0.15, -0.1) is 0 Å². The molecule has 0 radical (unpaired) electrons. The topological polar surface area (TPSA) is 49.5 Å². The number of nitrogens with two attached hydrogens (primary N) is 1. The van der Waals surface area contributed by atoms with Crippen molar-refractivity contribution in [1.82, 2.24) is 4.90 Å². The summed E-state index contributed by atoms with van der Waals surface area (Å²) in [6.45, 7) is 2.08. The van der Waals surface area contributed by atoms with E-state index in [1.54, 1.807) is 12.1 Å². The summed E-state index contributed by atoms with van der Waals surface area (Å²) < 4.78 is 12.9. The van der Waals surface area contributed by atoms with E-state index < -0.39 is 0 Å². The third kappa shape index (κ3) is 3.03. The maximum atomic E-state index is 12.9. The largest absolute Gasteiger partial charge is 0.392 e. The molecule has 1 aromatic rings. The lowest BCUT2D eigenvalue weighted by Crippen LogP contribution is -2.43. The summed E-state index contributed by atoms with van der Waals surface area (Å²) in [5.41, 5.74) is 6.82. The summed E-state index contributed by atoms with van der Waals surface area (Å²) in [7, 11) is 0. The summed E-state index contributed by atoms with van der Waals surface area (Å²) in [5.74, 6) is -0.233. The van der Waals surface area contributed by atoms with E-state index in [0.29, 0.717) is 13.1 Å². The Morgan fingerprint density at radius 2 is 2.12 bits per heavy atom. The van der Waals surface area contributed by atoms with Crippen LogP contribution >= 0.6 is 0 Å². The van der Waals surface area contributed by atoms with Crippen LogP contribution in [0.15, 0.2) is 24.3 Å². The number of nitrogens with zero attached hydrogens (tertiary/aromatic N) is 1. The van der Waals surface area contributed by atoms with Gasteiger partial charge in [0.15, 0.2) is 0 Å². The van der Waals surface area contributed by atoms with Crippen LogP contribution < -0.4 is 5.73 Å². The van der Waals surface area contributed by atoms with Gasteiger partial charge < -0.3 is 10.8 Å². The molecule has 0 aromatic heterocycles. The van der Waals surface area contributed by atoms with Crippen molar-refractivity contribution < 1.29 is 9.50 Å². The molecule has 3 nitrogen and oxygen atoms in total. The fraction of sp³-hybridized carbons (Fsp3) is 0.538. The van der Waals surface area contributed by atoms with Gasteiger partial charge in [0.2, 0.25) is 0 Å². The molecule has 0 spiro atoms. The predicted octanol–water partition coefficient (Wildman–Crippen LogP) is 1.28. The molecule has 0 aliphatic carbocycles. The highest BCUT2D eigenvalue weighted by Crippen LogP contribution is 2.24. The minimum Gasteiger partial charge on any atom is -0.392 e. The van der Waals surface area contributed by atoms with Crippen molar-refractivity contribution in [1.29, 1.82) is 0 Å². The molecular weight excluding hydrogens is 219 g/mol. The van der Waals surface area contributed by atoms with E-state index in [1.165, 1.54) is 12.1 Å². The van der Waals surface area contributed by atoms with Gasteiger partial charge in [-0.2, -0.15) is 0 Å². The Morgan fingerprint density at radius 3 is 2.71 bits per heavy atom. The number of aliphatic hydroxyl groups is 1. The fourth-order valence-electron chi connectivity index (χ4n) is 2.45. The van der Waals surface area contributed by atoms with Gasteiger partial charge in [-0.3, -0.25) is 4.90 Å². The predicted molar refractivity (Wildman–Crippen MR) is 65.0 cm³/mol. The summed E-state index contributed by atoms with van der Waals surface area (Å²) >= 11 is 0. The molecule has 1 aromatic carbocycles. The number of benzene rings is 1. The van der Waals surface area contributed by atoms with Gasteiger partial charge in [0.1, 0.15) is 5.82 Å². The first-order chi connectivity index (χ1) is 8.20. The smallest absolute Gasteiger partial charge is 0.123 e. The molecule has 94 valence electrons. The monoisotopic (exact) mass is 238 g/mol. The highest BCUT2D eigenvalue weighted by molar-refractivity contribution is 5.20. The molecule has 1 heterocycles. The number of β-amino-alcohol motifs (C(OH)–C–C–N with tert-alkyl or cyclic N) is 1. The van der Waals surface area contributed by atoms with Crippen LogP contribution in [-0.4, -0.2) is 35.7 Å². The van der Waals surface area contributed by atoms with Crippen LogP contribution in [-0.2, 0) is 0 Å². The molecule has 1 aliphatic heterocycles. The number of rotatable bonds is 3. The Morgan fingerprint density at radius 1 is 1.41 bits per heavy atom. The normalized spacial score (nSPS) is 23.6. The molecule has 0 bridgehead atoms. The van der Waals surface area contributed by atoms with Gasteiger partial charge >= 0.3 is 0 Å². The Balaban J connectivity index is 2.12. The van der Waals surface area contributed by atoms with Crippen molar-refractivity contribution >= 4 is 0 Å². The zero-order chi connectivity index (χ0) is 12.3. The molecule has 1 saturated heterocycles. The van der Waals surface area contributed by atoms with Gasteiger partial charge in [0.25, 0.3) is 0 Å². The van der Waals surface area contributed by atoms with Crippen LogP contribution in [0, 0.1) is 5.82 Å². The van der Waals surface area contributed by atoms with Crippen molar-refractivity contribution in [2.75, 3.05) is 19.6 Å². The highest BCUT2D eigenvalue weighted by Gasteiger charge is 2.24. The number of hydrogen-bond donors (Lipinski definition) is 2. The molecule has 0 saturated carbocycles. The summed E-state index contributed by atoms with van der Waals surface area (Å²) in [6.07, 6.45) is 1.58. The fourth-order valence-corrected chi connectivity index (χ4v) is 2.45. The third-order valence-corrected chi connectivity index (χ3v) is 3.35. The average Bonchev–Trinajstić information content (AvgIpc) is 2.33. The van der Waals surface area contributed by atoms with Crippen molar-refractivity contribution in [3.8, 4) is 0 Å². The zero-order valence-corrected chi connectivity index (χ0v) is 9.85. The maximum Gasteiger partial charge on any atom is 0.123 e. The Bertz CT molecular complexity index is 355. The van der Waals surface area contributed by atoms with Gasteiger partial charge in [-0.05, 0) is 37.1 Å². The first-order valence-electron chi connectivity index (χ1n) is 6.08. The highest BCUT2D eigenvalue weighted by atomic mass is 19.1.